The monoisotopic (exact) mass is 394 g/mol. The second kappa shape index (κ2) is 7.08. The number of benzene rings is 2. The Morgan fingerprint density at radius 1 is 1.22 bits per heavy atom. The van der Waals surface area contributed by atoms with Gasteiger partial charge in [-0.25, -0.2) is 4.79 Å². The van der Waals surface area contributed by atoms with E-state index in [1.54, 1.807) is 24.3 Å². The lowest BCUT2D eigenvalue weighted by molar-refractivity contribution is -0.150. The first-order valence-electron chi connectivity index (χ1n) is 7.88. The van der Waals surface area contributed by atoms with Crippen molar-refractivity contribution >= 4 is 35.5 Å². The minimum Gasteiger partial charge on any atom is -0.478 e. The predicted octanol–water partition coefficient (Wildman–Crippen LogP) is 4.76. The van der Waals surface area contributed by atoms with E-state index >= 15 is 0 Å². The fourth-order valence-corrected chi connectivity index (χ4v) is 3.26. The Hall–Kier alpha value is -2.80. The van der Waals surface area contributed by atoms with Crippen molar-refractivity contribution in [2.24, 2.45) is 0 Å². The average Bonchev–Trinajstić information content (AvgIpc) is 2.60. The number of hydrogen-bond acceptors (Lipinski definition) is 3. The zero-order valence-electron chi connectivity index (χ0n) is 13.8. The first kappa shape index (κ1) is 19.0. The molecule has 27 heavy (non-hydrogen) atoms. The van der Waals surface area contributed by atoms with Gasteiger partial charge in [-0.05, 0) is 41.0 Å². The summed E-state index contributed by atoms with van der Waals surface area (Å²) >= 11 is 5.93. The van der Waals surface area contributed by atoms with Crippen molar-refractivity contribution in [1.29, 1.82) is 5.41 Å². The molecule has 2 N–H and O–H groups in total. The fraction of sp³-hybridized carbons (Fsp3) is 0.158. The smallest absolute Gasteiger partial charge is 0.413 e. The summed E-state index contributed by atoms with van der Waals surface area (Å²) in [5.41, 5.74) is 0.984. The quantitative estimate of drug-likeness (QED) is 0.735. The average molecular weight is 395 g/mol. The predicted molar refractivity (Wildman–Crippen MR) is 97.4 cm³/mol. The molecule has 0 bridgehead atoms. The molecule has 0 amide bonds. The molecule has 1 unspecified atom stereocenters. The Balaban J connectivity index is 2.12. The van der Waals surface area contributed by atoms with Gasteiger partial charge in [-0.1, -0.05) is 35.9 Å². The summed E-state index contributed by atoms with van der Waals surface area (Å²) in [4.78, 5) is 12.6. The molecule has 8 heteroatoms. The molecule has 0 spiro atoms. The van der Waals surface area contributed by atoms with E-state index in [0.717, 1.165) is 17.2 Å². The topological polar surface area (TPSA) is 64.4 Å². The van der Waals surface area contributed by atoms with Crippen LogP contribution in [0.25, 0.3) is 6.08 Å². The second-order valence-electron chi connectivity index (χ2n) is 6.07. The number of hydrogen-bond donors (Lipinski definition) is 2. The molecule has 0 radical (unpaired) electrons. The second-order valence-corrected chi connectivity index (χ2v) is 6.50. The molecule has 0 aliphatic carbocycles. The van der Waals surface area contributed by atoms with Crippen molar-refractivity contribution < 1.29 is 23.1 Å². The van der Waals surface area contributed by atoms with Gasteiger partial charge in [0.25, 0.3) is 0 Å². The van der Waals surface area contributed by atoms with Gasteiger partial charge in [0.2, 0.25) is 0 Å². The Morgan fingerprint density at radius 2 is 1.89 bits per heavy atom. The highest BCUT2D eigenvalue weighted by atomic mass is 35.5. The molecule has 2 aromatic rings. The van der Waals surface area contributed by atoms with E-state index in [1.807, 2.05) is 0 Å². The third-order valence-electron chi connectivity index (χ3n) is 4.27. The Morgan fingerprint density at radius 3 is 2.44 bits per heavy atom. The largest absolute Gasteiger partial charge is 0.478 e. The maximum Gasteiger partial charge on any atom is 0.413 e. The van der Waals surface area contributed by atoms with Crippen LogP contribution < -0.4 is 4.90 Å². The van der Waals surface area contributed by atoms with E-state index in [1.165, 1.54) is 18.2 Å². The molecule has 3 rings (SSSR count). The number of alkyl halides is 3. The SMILES string of the molecule is N=Cc1ccc(CN2c3ccc(Cl)cc3C=C(C(=O)O)C2C(F)(F)F)cc1. The summed E-state index contributed by atoms with van der Waals surface area (Å²) in [6, 6.07) is 8.54. The number of carboxylic acids is 1. The van der Waals surface area contributed by atoms with Crippen molar-refractivity contribution in [1.82, 2.24) is 0 Å². The lowest BCUT2D eigenvalue weighted by Crippen LogP contribution is -2.50. The van der Waals surface area contributed by atoms with E-state index < -0.39 is 23.8 Å². The number of halogens is 4. The van der Waals surface area contributed by atoms with Crippen LogP contribution in [0.2, 0.25) is 5.02 Å². The normalized spacial score (nSPS) is 16.5. The Bertz CT molecular complexity index is 924. The van der Waals surface area contributed by atoms with Gasteiger partial charge in [0.1, 0.15) is 0 Å². The van der Waals surface area contributed by atoms with E-state index in [9.17, 15) is 23.1 Å². The summed E-state index contributed by atoms with van der Waals surface area (Å²) in [7, 11) is 0. The van der Waals surface area contributed by atoms with Gasteiger partial charge in [0, 0.05) is 23.5 Å². The molecule has 0 aromatic heterocycles. The summed E-state index contributed by atoms with van der Waals surface area (Å²) in [5, 5.41) is 16.9. The van der Waals surface area contributed by atoms with Crippen LogP contribution in [0.4, 0.5) is 18.9 Å². The number of rotatable bonds is 4. The molecular weight excluding hydrogens is 381 g/mol. The van der Waals surface area contributed by atoms with Crippen LogP contribution in [0.15, 0.2) is 48.0 Å². The van der Waals surface area contributed by atoms with Crippen molar-refractivity contribution in [2.75, 3.05) is 4.90 Å². The van der Waals surface area contributed by atoms with Gasteiger partial charge in [-0.15, -0.1) is 0 Å². The number of nitrogens with one attached hydrogen (secondary N) is 1. The van der Waals surface area contributed by atoms with Gasteiger partial charge < -0.3 is 15.4 Å². The van der Waals surface area contributed by atoms with Crippen molar-refractivity contribution in [2.45, 2.75) is 18.8 Å². The molecule has 1 aliphatic rings. The van der Waals surface area contributed by atoms with Crippen molar-refractivity contribution in [3.05, 3.63) is 69.8 Å². The molecule has 0 fully saturated rings. The first-order chi connectivity index (χ1) is 12.7. The van der Waals surface area contributed by atoms with E-state index in [4.69, 9.17) is 17.0 Å². The number of carbonyl (C=O) groups is 1. The molecule has 0 saturated heterocycles. The van der Waals surface area contributed by atoms with E-state index in [-0.39, 0.29) is 12.2 Å². The standard InChI is InChI=1S/C19H14ClF3N2O2/c20-14-5-6-16-13(7-14)8-15(18(26)27)17(19(21,22)23)25(16)10-12-3-1-11(9-24)2-4-12/h1-9,17,24H,10H2,(H,26,27). The lowest BCUT2D eigenvalue weighted by atomic mass is 9.94. The van der Waals surface area contributed by atoms with Crippen LogP contribution in [-0.2, 0) is 11.3 Å². The maximum atomic E-state index is 13.8. The summed E-state index contributed by atoms with van der Waals surface area (Å²) in [5.74, 6) is -1.63. The number of anilines is 1. The zero-order chi connectivity index (χ0) is 19.8. The third-order valence-corrected chi connectivity index (χ3v) is 4.51. The highest BCUT2D eigenvalue weighted by molar-refractivity contribution is 6.30. The number of aliphatic carboxylic acids is 1. The summed E-state index contributed by atoms with van der Waals surface area (Å²) in [6.45, 7) is -0.151. The van der Waals surface area contributed by atoms with E-state index in [0.29, 0.717) is 21.7 Å². The minimum absolute atomic E-state index is 0.151. The van der Waals surface area contributed by atoms with Gasteiger partial charge in [-0.2, -0.15) is 13.2 Å². The molecule has 4 nitrogen and oxygen atoms in total. The highest BCUT2D eigenvalue weighted by Crippen LogP contribution is 2.41. The van der Waals surface area contributed by atoms with Crippen molar-refractivity contribution in [3.63, 3.8) is 0 Å². The molecular formula is C19H14ClF3N2O2. The molecule has 1 atom stereocenters. The Kier molecular flexibility index (Phi) is 4.97. The highest BCUT2D eigenvalue weighted by Gasteiger charge is 2.50. The van der Waals surface area contributed by atoms with Crippen LogP contribution in [0.5, 0.6) is 0 Å². The van der Waals surface area contributed by atoms with Crippen molar-refractivity contribution in [3.8, 4) is 0 Å². The Labute approximate surface area is 158 Å². The number of fused-ring (bicyclic) bond motifs is 1. The summed E-state index contributed by atoms with van der Waals surface area (Å²) < 4.78 is 41.4. The summed E-state index contributed by atoms with van der Waals surface area (Å²) in [6.07, 6.45) is -2.63. The number of carboxylic acid groups (broad SMARTS) is 1. The van der Waals surface area contributed by atoms with Gasteiger partial charge in [0.15, 0.2) is 6.04 Å². The lowest BCUT2D eigenvalue weighted by Gasteiger charge is -2.39. The first-order valence-corrected chi connectivity index (χ1v) is 8.25. The van der Waals surface area contributed by atoms with E-state index in [2.05, 4.69) is 0 Å². The van der Waals surface area contributed by atoms with Crippen LogP contribution in [-0.4, -0.2) is 29.5 Å². The van der Waals surface area contributed by atoms with Crippen LogP contribution in [0.3, 0.4) is 0 Å². The van der Waals surface area contributed by atoms with Gasteiger partial charge in [-0.3, -0.25) is 0 Å². The third kappa shape index (κ3) is 3.83. The number of nitrogens with zero attached hydrogens (tertiary/aromatic N) is 1. The molecule has 140 valence electrons. The fourth-order valence-electron chi connectivity index (χ4n) is 3.08. The van der Waals surface area contributed by atoms with Crippen LogP contribution in [0.1, 0.15) is 16.7 Å². The van der Waals surface area contributed by atoms with Gasteiger partial charge >= 0.3 is 12.1 Å². The molecule has 2 aromatic carbocycles. The van der Waals surface area contributed by atoms with Crippen LogP contribution >= 0.6 is 11.6 Å². The van der Waals surface area contributed by atoms with Crippen LogP contribution in [0, 0.1) is 5.41 Å². The van der Waals surface area contributed by atoms with Gasteiger partial charge in [0.05, 0.1) is 5.57 Å². The molecule has 0 saturated carbocycles. The zero-order valence-corrected chi connectivity index (χ0v) is 14.6. The minimum atomic E-state index is -4.78. The molecule has 1 aliphatic heterocycles. The maximum absolute atomic E-state index is 13.8. The molecule has 1 heterocycles.